The van der Waals surface area contributed by atoms with Gasteiger partial charge in [0.1, 0.15) is 5.82 Å². The van der Waals surface area contributed by atoms with E-state index in [2.05, 4.69) is 10.3 Å². The Balaban J connectivity index is 2.07. The van der Waals surface area contributed by atoms with E-state index in [-0.39, 0.29) is 11.9 Å². The molecule has 0 bridgehead atoms. The largest absolute Gasteiger partial charge is 0.347 e. The topological polar surface area (TPSA) is 41.1 Å². The summed E-state index contributed by atoms with van der Waals surface area (Å²) in [6.45, 7) is 0.995. The second kappa shape index (κ2) is 6.40. The number of hydrogen-bond donors (Lipinski definition) is 1. The number of nitrogens with zero attached hydrogens (tertiary/aromatic N) is 3. The van der Waals surface area contributed by atoms with Gasteiger partial charge >= 0.3 is 0 Å². The van der Waals surface area contributed by atoms with Crippen LogP contribution >= 0.6 is 0 Å². The Morgan fingerprint density at radius 3 is 2.82 bits per heavy atom. The van der Waals surface area contributed by atoms with E-state index in [4.69, 9.17) is 4.98 Å². The summed E-state index contributed by atoms with van der Waals surface area (Å²) in [5, 5.41) is 3.52. The van der Waals surface area contributed by atoms with Crippen LogP contribution in [0.4, 0.5) is 10.3 Å². The molecule has 1 aliphatic rings. The molecule has 1 aromatic heterocycles. The van der Waals surface area contributed by atoms with Crippen molar-refractivity contribution in [3.63, 3.8) is 0 Å². The minimum atomic E-state index is -0.239. The molecule has 1 N–H and O–H groups in total. The van der Waals surface area contributed by atoms with E-state index in [0.29, 0.717) is 5.95 Å². The van der Waals surface area contributed by atoms with E-state index in [1.165, 1.54) is 18.9 Å². The number of halogens is 1. The summed E-state index contributed by atoms with van der Waals surface area (Å²) in [5.74, 6) is 0.444. The highest BCUT2D eigenvalue weighted by molar-refractivity contribution is 5.66. The van der Waals surface area contributed by atoms with Crippen molar-refractivity contribution in [3.8, 4) is 11.1 Å². The molecular formula is C17H21FN4. The molecule has 22 heavy (non-hydrogen) atoms. The number of nitrogens with one attached hydrogen (secondary N) is 1. The zero-order chi connectivity index (χ0) is 15.5. The zero-order valence-corrected chi connectivity index (χ0v) is 13.0. The van der Waals surface area contributed by atoms with Crippen LogP contribution < -0.4 is 10.2 Å². The summed E-state index contributed by atoms with van der Waals surface area (Å²) in [7, 11) is 3.85. The molecule has 116 valence electrons. The first-order valence-electron chi connectivity index (χ1n) is 7.69. The summed E-state index contributed by atoms with van der Waals surface area (Å²) < 4.78 is 13.6. The van der Waals surface area contributed by atoms with Crippen LogP contribution in [-0.2, 0) is 0 Å². The molecule has 0 amide bonds. The van der Waals surface area contributed by atoms with Crippen LogP contribution in [-0.4, -0.2) is 30.6 Å². The first kappa shape index (κ1) is 14.9. The van der Waals surface area contributed by atoms with E-state index in [1.807, 2.05) is 31.3 Å². The Kier molecular flexibility index (Phi) is 4.34. The number of aromatic nitrogens is 2. The van der Waals surface area contributed by atoms with Crippen LogP contribution in [0.2, 0.25) is 0 Å². The van der Waals surface area contributed by atoms with Crippen LogP contribution in [0.1, 0.15) is 31.0 Å². The van der Waals surface area contributed by atoms with Crippen LogP contribution in [0, 0.1) is 5.82 Å². The van der Waals surface area contributed by atoms with Gasteiger partial charge in [-0.1, -0.05) is 18.6 Å². The van der Waals surface area contributed by atoms with E-state index in [9.17, 15) is 4.39 Å². The molecule has 3 rings (SSSR count). The average Bonchev–Trinajstić information content (AvgIpc) is 2.55. The van der Waals surface area contributed by atoms with Crippen LogP contribution in [0.5, 0.6) is 0 Å². The van der Waals surface area contributed by atoms with Crippen molar-refractivity contribution in [3.05, 3.63) is 42.0 Å². The van der Waals surface area contributed by atoms with Crippen molar-refractivity contribution in [2.45, 2.75) is 25.3 Å². The predicted molar refractivity (Wildman–Crippen MR) is 86.3 cm³/mol. The maximum absolute atomic E-state index is 13.6. The van der Waals surface area contributed by atoms with Gasteiger partial charge in [-0.25, -0.2) is 14.4 Å². The molecule has 1 aromatic carbocycles. The second-order valence-electron chi connectivity index (χ2n) is 5.88. The lowest BCUT2D eigenvalue weighted by Gasteiger charge is -2.26. The SMILES string of the molecule is CN(C)c1ncc(-c2cccc(F)c2)c([C@H]2CCCCN2)n1. The number of anilines is 1. The lowest BCUT2D eigenvalue weighted by molar-refractivity contribution is 0.406. The van der Waals surface area contributed by atoms with Gasteiger partial charge in [0.05, 0.1) is 11.7 Å². The Morgan fingerprint density at radius 1 is 1.27 bits per heavy atom. The summed E-state index contributed by atoms with van der Waals surface area (Å²) in [4.78, 5) is 11.0. The summed E-state index contributed by atoms with van der Waals surface area (Å²) in [5.41, 5.74) is 2.70. The standard InChI is InChI=1S/C17H21FN4/c1-22(2)17-20-11-14(12-6-5-7-13(18)10-12)16(21-17)15-8-3-4-9-19-15/h5-7,10-11,15,19H,3-4,8-9H2,1-2H3/t15-/m1/s1. The molecule has 1 fully saturated rings. The van der Waals surface area contributed by atoms with E-state index < -0.39 is 0 Å². The van der Waals surface area contributed by atoms with Crippen molar-refractivity contribution in [2.24, 2.45) is 0 Å². The summed E-state index contributed by atoms with van der Waals surface area (Å²) in [6.07, 6.45) is 5.23. The van der Waals surface area contributed by atoms with Crippen LogP contribution in [0.25, 0.3) is 11.1 Å². The molecule has 0 saturated carbocycles. The van der Waals surface area contributed by atoms with Crippen molar-refractivity contribution in [1.82, 2.24) is 15.3 Å². The Morgan fingerprint density at radius 2 is 2.14 bits per heavy atom. The van der Waals surface area contributed by atoms with Gasteiger partial charge in [0.15, 0.2) is 0 Å². The van der Waals surface area contributed by atoms with E-state index >= 15 is 0 Å². The van der Waals surface area contributed by atoms with E-state index in [0.717, 1.165) is 29.8 Å². The molecule has 4 nitrogen and oxygen atoms in total. The number of benzene rings is 1. The van der Waals surface area contributed by atoms with Crippen molar-refractivity contribution in [1.29, 1.82) is 0 Å². The Hall–Kier alpha value is -2.01. The first-order chi connectivity index (χ1) is 10.6. The fraction of sp³-hybridized carbons (Fsp3) is 0.412. The zero-order valence-electron chi connectivity index (χ0n) is 13.0. The van der Waals surface area contributed by atoms with Gasteiger partial charge in [0, 0.05) is 25.9 Å². The third-order valence-electron chi connectivity index (χ3n) is 3.98. The van der Waals surface area contributed by atoms with Gasteiger partial charge in [-0.15, -0.1) is 0 Å². The molecule has 0 unspecified atom stereocenters. The molecular weight excluding hydrogens is 279 g/mol. The average molecular weight is 300 g/mol. The fourth-order valence-corrected chi connectivity index (χ4v) is 2.83. The number of piperidine rings is 1. The van der Waals surface area contributed by atoms with Crippen molar-refractivity contribution >= 4 is 5.95 Å². The molecule has 0 aliphatic carbocycles. The summed E-state index contributed by atoms with van der Waals surface area (Å²) >= 11 is 0. The quantitative estimate of drug-likeness (QED) is 0.945. The molecule has 1 saturated heterocycles. The lowest BCUT2D eigenvalue weighted by Crippen LogP contribution is -2.28. The van der Waals surface area contributed by atoms with Gasteiger partial charge in [0.2, 0.25) is 5.95 Å². The fourth-order valence-electron chi connectivity index (χ4n) is 2.83. The van der Waals surface area contributed by atoms with Gasteiger partial charge in [0.25, 0.3) is 0 Å². The molecule has 5 heteroatoms. The smallest absolute Gasteiger partial charge is 0.225 e. The molecule has 0 spiro atoms. The van der Waals surface area contributed by atoms with Crippen LogP contribution in [0.15, 0.2) is 30.5 Å². The number of hydrogen-bond acceptors (Lipinski definition) is 4. The number of rotatable bonds is 3. The lowest BCUT2D eigenvalue weighted by atomic mass is 9.95. The highest BCUT2D eigenvalue weighted by Gasteiger charge is 2.21. The first-order valence-corrected chi connectivity index (χ1v) is 7.69. The minimum Gasteiger partial charge on any atom is -0.347 e. The van der Waals surface area contributed by atoms with Crippen LogP contribution in [0.3, 0.4) is 0 Å². The molecule has 2 heterocycles. The van der Waals surface area contributed by atoms with Gasteiger partial charge in [-0.3, -0.25) is 0 Å². The monoisotopic (exact) mass is 300 g/mol. The molecule has 1 aliphatic heterocycles. The third kappa shape index (κ3) is 3.09. The van der Waals surface area contributed by atoms with Gasteiger partial charge in [-0.05, 0) is 37.1 Å². The highest BCUT2D eigenvalue weighted by Crippen LogP contribution is 2.31. The second-order valence-corrected chi connectivity index (χ2v) is 5.88. The normalized spacial score (nSPS) is 18.2. The molecule has 0 radical (unpaired) electrons. The summed E-state index contributed by atoms with van der Waals surface area (Å²) in [6, 6.07) is 6.83. The highest BCUT2D eigenvalue weighted by atomic mass is 19.1. The molecule has 2 aromatic rings. The van der Waals surface area contributed by atoms with Gasteiger partial charge < -0.3 is 10.2 Å². The molecule has 1 atom stereocenters. The third-order valence-corrected chi connectivity index (χ3v) is 3.98. The predicted octanol–water partition coefficient (Wildman–Crippen LogP) is 3.16. The Labute approximate surface area is 130 Å². The van der Waals surface area contributed by atoms with Gasteiger partial charge in [-0.2, -0.15) is 0 Å². The minimum absolute atomic E-state index is 0.203. The van der Waals surface area contributed by atoms with Crippen molar-refractivity contribution < 1.29 is 4.39 Å². The van der Waals surface area contributed by atoms with Crippen molar-refractivity contribution in [2.75, 3.05) is 25.5 Å². The van der Waals surface area contributed by atoms with E-state index in [1.54, 1.807) is 12.1 Å². The Bertz CT molecular complexity index is 651. The maximum Gasteiger partial charge on any atom is 0.225 e. The maximum atomic E-state index is 13.6.